The molecular weight excluding hydrogens is 538 g/mol. The average molecular weight is 574 g/mol. The van der Waals surface area contributed by atoms with Crippen molar-refractivity contribution < 1.29 is 28.5 Å². The molecular formula is C31H35N5O6. The summed E-state index contributed by atoms with van der Waals surface area (Å²) in [6, 6.07) is 19.1. The normalized spacial score (nSPS) is 15.3. The summed E-state index contributed by atoms with van der Waals surface area (Å²) in [4.78, 5) is 29.9. The molecule has 1 aliphatic rings. The number of carbonyl (C=O) groups excluding carboxylic acids is 2. The van der Waals surface area contributed by atoms with Crippen molar-refractivity contribution in [3.05, 3.63) is 77.9 Å². The minimum absolute atomic E-state index is 0.0696. The average Bonchev–Trinajstić information content (AvgIpc) is 3.70. The molecule has 1 aromatic heterocycles. The van der Waals surface area contributed by atoms with Gasteiger partial charge < -0.3 is 29.2 Å². The Labute approximate surface area is 244 Å². The van der Waals surface area contributed by atoms with Gasteiger partial charge in [-0.05, 0) is 48.7 Å². The number of aromatic nitrogens is 3. The molecule has 2 heterocycles. The van der Waals surface area contributed by atoms with Crippen molar-refractivity contribution in [2.75, 3.05) is 34.5 Å². The summed E-state index contributed by atoms with van der Waals surface area (Å²) in [5.74, 6) is 0.885. The highest BCUT2D eigenvalue weighted by molar-refractivity contribution is 5.89. The number of fused-ring (bicyclic) bond motifs is 1. The maximum absolute atomic E-state index is 14.3. The Morgan fingerprint density at radius 2 is 1.76 bits per heavy atom. The van der Waals surface area contributed by atoms with E-state index in [2.05, 4.69) is 15.6 Å². The van der Waals surface area contributed by atoms with Gasteiger partial charge in [0.15, 0.2) is 11.5 Å². The molecule has 4 aromatic rings. The number of carbonyl (C=O) groups is 2. The smallest absolute Gasteiger partial charge is 0.247 e. The van der Waals surface area contributed by atoms with Crippen molar-refractivity contribution in [1.29, 1.82) is 0 Å². The molecule has 1 aliphatic heterocycles. The number of hydrogen-bond donors (Lipinski definition) is 1. The lowest BCUT2D eigenvalue weighted by Crippen LogP contribution is -2.46. The van der Waals surface area contributed by atoms with E-state index in [1.807, 2.05) is 48.5 Å². The molecule has 1 fully saturated rings. The van der Waals surface area contributed by atoms with Crippen molar-refractivity contribution in [3.63, 3.8) is 0 Å². The molecule has 0 aliphatic carbocycles. The number of hydrogen-bond acceptors (Lipinski definition) is 8. The van der Waals surface area contributed by atoms with Crippen molar-refractivity contribution in [3.8, 4) is 17.2 Å². The molecule has 42 heavy (non-hydrogen) atoms. The fourth-order valence-electron chi connectivity index (χ4n) is 5.21. The van der Waals surface area contributed by atoms with Crippen LogP contribution in [-0.4, -0.2) is 72.3 Å². The highest BCUT2D eigenvalue weighted by Gasteiger charge is 2.34. The fourth-order valence-corrected chi connectivity index (χ4v) is 5.21. The Hall–Kier alpha value is -4.64. The molecule has 220 valence electrons. The van der Waals surface area contributed by atoms with E-state index in [1.165, 1.54) is 7.11 Å². The Morgan fingerprint density at radius 3 is 2.52 bits per heavy atom. The molecule has 11 heteroatoms. The van der Waals surface area contributed by atoms with Gasteiger partial charge in [-0.3, -0.25) is 9.59 Å². The Kier molecular flexibility index (Phi) is 9.18. The van der Waals surface area contributed by atoms with Gasteiger partial charge in [0.1, 0.15) is 23.9 Å². The van der Waals surface area contributed by atoms with E-state index in [0.29, 0.717) is 47.0 Å². The molecule has 3 aromatic carbocycles. The predicted molar refractivity (Wildman–Crippen MR) is 155 cm³/mol. The summed E-state index contributed by atoms with van der Waals surface area (Å²) < 4.78 is 23.9. The SMILES string of the molecule is COc1ccccc1CN(C(=O)Cn1nnc2ccccc21)[C@@H](C(=O)NC[C@@H]1CCCO1)c1ccc(OC)c(OC)c1. The van der Waals surface area contributed by atoms with Crippen LogP contribution in [0.4, 0.5) is 0 Å². The van der Waals surface area contributed by atoms with Crippen LogP contribution >= 0.6 is 0 Å². The highest BCUT2D eigenvalue weighted by Crippen LogP contribution is 2.34. The molecule has 1 N–H and O–H groups in total. The zero-order chi connectivity index (χ0) is 29.5. The molecule has 1 saturated heterocycles. The first-order valence-corrected chi connectivity index (χ1v) is 13.8. The van der Waals surface area contributed by atoms with Crippen LogP contribution in [0.5, 0.6) is 17.2 Å². The summed E-state index contributed by atoms with van der Waals surface area (Å²) in [6.45, 7) is 0.983. The van der Waals surface area contributed by atoms with Crippen LogP contribution in [0.25, 0.3) is 11.0 Å². The molecule has 0 bridgehead atoms. The van der Waals surface area contributed by atoms with Crippen LogP contribution in [0, 0.1) is 0 Å². The summed E-state index contributed by atoms with van der Waals surface area (Å²) >= 11 is 0. The number of benzene rings is 3. The summed E-state index contributed by atoms with van der Waals surface area (Å²) in [7, 11) is 4.65. The van der Waals surface area contributed by atoms with E-state index in [-0.39, 0.29) is 31.0 Å². The van der Waals surface area contributed by atoms with Crippen molar-refractivity contribution in [1.82, 2.24) is 25.2 Å². The first-order chi connectivity index (χ1) is 20.5. The van der Waals surface area contributed by atoms with Gasteiger partial charge in [0.05, 0.1) is 39.5 Å². The number of para-hydroxylation sites is 2. The molecule has 11 nitrogen and oxygen atoms in total. The lowest BCUT2D eigenvalue weighted by atomic mass is 10.0. The van der Waals surface area contributed by atoms with Gasteiger partial charge in [-0.25, -0.2) is 4.68 Å². The topological polar surface area (TPSA) is 117 Å². The summed E-state index contributed by atoms with van der Waals surface area (Å²) in [6.07, 6.45) is 1.74. The molecule has 2 atom stereocenters. The number of rotatable bonds is 12. The molecule has 0 spiro atoms. The first-order valence-electron chi connectivity index (χ1n) is 13.8. The van der Waals surface area contributed by atoms with Crippen LogP contribution in [0.15, 0.2) is 66.7 Å². The standard InChI is InChI=1S/C31H35N5O6/c1-39-26-13-7-4-9-22(26)19-35(29(37)20-36-25-12-6-5-11-24(25)33-34-36)30(31(38)32-18-23-10-8-16-42-23)21-14-15-27(40-2)28(17-21)41-3/h4-7,9,11-15,17,23,30H,8,10,16,18-20H2,1-3H3,(H,32,38)/t23-,30+/m0/s1. The zero-order valence-corrected chi connectivity index (χ0v) is 24.0. The van der Waals surface area contributed by atoms with Gasteiger partial charge in [-0.15, -0.1) is 5.10 Å². The van der Waals surface area contributed by atoms with Gasteiger partial charge in [0.25, 0.3) is 0 Å². The maximum Gasteiger partial charge on any atom is 0.247 e. The second-order valence-electron chi connectivity index (χ2n) is 9.97. The number of ether oxygens (including phenoxy) is 4. The molecule has 2 amide bonds. The molecule has 0 saturated carbocycles. The fraction of sp³-hybridized carbons (Fsp3) is 0.355. The van der Waals surface area contributed by atoms with Crippen molar-refractivity contribution in [2.45, 2.75) is 38.1 Å². The lowest BCUT2D eigenvalue weighted by Gasteiger charge is -2.32. The largest absolute Gasteiger partial charge is 0.496 e. The summed E-state index contributed by atoms with van der Waals surface area (Å²) in [5.41, 5.74) is 2.69. The Bertz CT molecular complexity index is 1530. The zero-order valence-electron chi connectivity index (χ0n) is 24.0. The van der Waals surface area contributed by atoms with Crippen LogP contribution in [0.3, 0.4) is 0 Å². The number of methoxy groups -OCH3 is 3. The van der Waals surface area contributed by atoms with E-state index in [4.69, 9.17) is 18.9 Å². The minimum Gasteiger partial charge on any atom is -0.496 e. The number of nitrogens with zero attached hydrogens (tertiary/aromatic N) is 4. The van der Waals surface area contributed by atoms with E-state index in [9.17, 15) is 9.59 Å². The molecule has 0 radical (unpaired) electrons. The lowest BCUT2D eigenvalue weighted by molar-refractivity contribution is -0.142. The molecule has 0 unspecified atom stereocenters. The van der Waals surface area contributed by atoms with E-state index in [1.54, 1.807) is 42.0 Å². The van der Waals surface area contributed by atoms with Gasteiger partial charge >= 0.3 is 0 Å². The number of nitrogens with one attached hydrogen (secondary N) is 1. The van der Waals surface area contributed by atoms with Gasteiger partial charge in [-0.1, -0.05) is 41.6 Å². The molecule has 5 rings (SSSR count). The van der Waals surface area contributed by atoms with Gasteiger partial charge in [-0.2, -0.15) is 0 Å². The van der Waals surface area contributed by atoms with E-state index < -0.39 is 6.04 Å². The van der Waals surface area contributed by atoms with Crippen molar-refractivity contribution >= 4 is 22.8 Å². The van der Waals surface area contributed by atoms with Crippen LogP contribution in [0.1, 0.15) is 30.0 Å². The van der Waals surface area contributed by atoms with Crippen LogP contribution in [-0.2, 0) is 27.4 Å². The first kappa shape index (κ1) is 28.9. The predicted octanol–water partition coefficient (Wildman–Crippen LogP) is 3.52. The van der Waals surface area contributed by atoms with E-state index >= 15 is 0 Å². The van der Waals surface area contributed by atoms with Gasteiger partial charge in [0, 0.05) is 18.7 Å². The van der Waals surface area contributed by atoms with Crippen LogP contribution < -0.4 is 19.5 Å². The third kappa shape index (κ3) is 6.31. The summed E-state index contributed by atoms with van der Waals surface area (Å²) in [5, 5.41) is 11.4. The van der Waals surface area contributed by atoms with Crippen LogP contribution in [0.2, 0.25) is 0 Å². The second-order valence-corrected chi connectivity index (χ2v) is 9.97. The third-order valence-corrected chi connectivity index (χ3v) is 7.37. The highest BCUT2D eigenvalue weighted by atomic mass is 16.5. The minimum atomic E-state index is -1.02. The van der Waals surface area contributed by atoms with Gasteiger partial charge in [0.2, 0.25) is 11.8 Å². The second kappa shape index (κ2) is 13.3. The monoisotopic (exact) mass is 573 g/mol. The van der Waals surface area contributed by atoms with E-state index in [0.717, 1.165) is 18.4 Å². The quantitative estimate of drug-likeness (QED) is 0.274. The third-order valence-electron chi connectivity index (χ3n) is 7.37. The van der Waals surface area contributed by atoms with Crippen molar-refractivity contribution in [2.24, 2.45) is 0 Å². The Morgan fingerprint density at radius 1 is 1.00 bits per heavy atom. The Balaban J connectivity index is 1.56. The maximum atomic E-state index is 14.3. The number of amides is 2.